The van der Waals surface area contributed by atoms with E-state index in [4.69, 9.17) is 23.2 Å². The Morgan fingerprint density at radius 1 is 1.20 bits per heavy atom. The van der Waals surface area contributed by atoms with Crippen molar-refractivity contribution in [3.63, 3.8) is 0 Å². The molecule has 0 bridgehead atoms. The number of benzene rings is 1. The van der Waals surface area contributed by atoms with Crippen molar-refractivity contribution >= 4 is 23.2 Å². The second-order valence-electron chi connectivity index (χ2n) is 5.04. The van der Waals surface area contributed by atoms with Crippen LogP contribution in [0.15, 0.2) is 36.7 Å². The summed E-state index contributed by atoms with van der Waals surface area (Å²) in [5, 5.41) is 4.69. The Balaban J connectivity index is 2.03. The van der Waals surface area contributed by atoms with Crippen LogP contribution in [0, 0.1) is 0 Å². The highest BCUT2D eigenvalue weighted by Crippen LogP contribution is 2.23. The molecule has 1 unspecified atom stereocenters. The fourth-order valence-corrected chi connectivity index (χ4v) is 2.46. The van der Waals surface area contributed by atoms with E-state index in [1.807, 2.05) is 18.2 Å². The number of nitrogens with one attached hydrogen (secondary N) is 1. The lowest BCUT2D eigenvalue weighted by molar-refractivity contribution is 0.569. The molecule has 0 fully saturated rings. The van der Waals surface area contributed by atoms with E-state index in [0.29, 0.717) is 16.1 Å². The Kier molecular flexibility index (Phi) is 5.53. The van der Waals surface area contributed by atoms with Gasteiger partial charge in [0.2, 0.25) is 0 Å². The van der Waals surface area contributed by atoms with E-state index in [9.17, 15) is 0 Å². The van der Waals surface area contributed by atoms with Crippen LogP contribution in [0.1, 0.15) is 37.4 Å². The summed E-state index contributed by atoms with van der Waals surface area (Å²) in [6.45, 7) is 6.21. The smallest absolute Gasteiger partial charge is 0.0595 e. The first-order chi connectivity index (χ1) is 9.60. The molecule has 2 rings (SSSR count). The summed E-state index contributed by atoms with van der Waals surface area (Å²) < 4.78 is 2.17. The highest BCUT2D eigenvalue weighted by molar-refractivity contribution is 6.42. The summed E-state index contributed by atoms with van der Waals surface area (Å²) in [6.07, 6.45) is 5.42. The minimum atomic E-state index is 0.380. The standard InChI is InChI=1S/C16H20Cl2N2/c1-3-7-19-12(2)14-6-8-20(11-14)10-13-4-5-15(17)16(18)9-13/h4-6,8-9,11-12,19H,3,7,10H2,1-2H3. The molecule has 1 heterocycles. The first-order valence-corrected chi connectivity index (χ1v) is 7.68. The fraction of sp³-hybridized carbons (Fsp3) is 0.375. The Labute approximate surface area is 130 Å². The van der Waals surface area contributed by atoms with Gasteiger partial charge in [-0.1, -0.05) is 36.2 Å². The predicted molar refractivity (Wildman–Crippen MR) is 86.7 cm³/mol. The summed E-state index contributed by atoms with van der Waals surface area (Å²) in [4.78, 5) is 0. The van der Waals surface area contributed by atoms with E-state index in [1.165, 1.54) is 5.56 Å². The summed E-state index contributed by atoms with van der Waals surface area (Å²) >= 11 is 12.0. The Hall–Kier alpha value is -0.960. The third kappa shape index (κ3) is 4.02. The molecule has 0 saturated heterocycles. The van der Waals surface area contributed by atoms with Gasteiger partial charge in [0.25, 0.3) is 0 Å². The van der Waals surface area contributed by atoms with Gasteiger partial charge in [0.05, 0.1) is 10.0 Å². The Bertz CT molecular complexity index is 563. The monoisotopic (exact) mass is 310 g/mol. The van der Waals surface area contributed by atoms with Gasteiger partial charge in [0.1, 0.15) is 0 Å². The van der Waals surface area contributed by atoms with Crippen LogP contribution < -0.4 is 5.32 Å². The van der Waals surface area contributed by atoms with Crippen LogP contribution >= 0.6 is 23.2 Å². The highest BCUT2D eigenvalue weighted by Gasteiger charge is 2.06. The maximum atomic E-state index is 6.04. The van der Waals surface area contributed by atoms with Crippen molar-refractivity contribution in [1.82, 2.24) is 9.88 Å². The number of hydrogen-bond donors (Lipinski definition) is 1. The van der Waals surface area contributed by atoms with Crippen molar-refractivity contribution in [3.8, 4) is 0 Å². The van der Waals surface area contributed by atoms with E-state index in [1.54, 1.807) is 0 Å². The lowest BCUT2D eigenvalue weighted by Gasteiger charge is -2.11. The van der Waals surface area contributed by atoms with Crippen LogP contribution in [0.5, 0.6) is 0 Å². The van der Waals surface area contributed by atoms with Crippen LogP contribution in [0.3, 0.4) is 0 Å². The Morgan fingerprint density at radius 3 is 2.70 bits per heavy atom. The molecule has 2 aromatic rings. The molecule has 0 radical (unpaired) electrons. The summed E-state index contributed by atoms with van der Waals surface area (Å²) in [5.74, 6) is 0. The summed E-state index contributed by atoms with van der Waals surface area (Å²) in [7, 11) is 0. The number of halogens is 2. The maximum Gasteiger partial charge on any atom is 0.0595 e. The fourth-order valence-electron chi connectivity index (χ4n) is 2.14. The molecule has 108 valence electrons. The minimum absolute atomic E-state index is 0.380. The van der Waals surface area contributed by atoms with E-state index >= 15 is 0 Å². The second-order valence-corrected chi connectivity index (χ2v) is 5.86. The third-order valence-electron chi connectivity index (χ3n) is 3.32. The van der Waals surface area contributed by atoms with Gasteiger partial charge in [-0.25, -0.2) is 0 Å². The highest BCUT2D eigenvalue weighted by atomic mass is 35.5. The molecule has 1 N–H and O–H groups in total. The van der Waals surface area contributed by atoms with Crippen molar-refractivity contribution in [2.75, 3.05) is 6.54 Å². The van der Waals surface area contributed by atoms with E-state index in [0.717, 1.165) is 25.1 Å². The topological polar surface area (TPSA) is 17.0 Å². The molecular weight excluding hydrogens is 291 g/mol. The summed E-state index contributed by atoms with van der Waals surface area (Å²) in [6, 6.07) is 8.31. The SMILES string of the molecule is CCCNC(C)c1ccn(Cc2ccc(Cl)c(Cl)c2)c1. The first kappa shape index (κ1) is 15.4. The van der Waals surface area contributed by atoms with Gasteiger partial charge >= 0.3 is 0 Å². The van der Waals surface area contributed by atoms with Gasteiger partial charge in [-0.05, 0) is 49.2 Å². The first-order valence-electron chi connectivity index (χ1n) is 6.93. The second kappa shape index (κ2) is 7.16. The van der Waals surface area contributed by atoms with Gasteiger partial charge in [-0.15, -0.1) is 0 Å². The zero-order valence-electron chi connectivity index (χ0n) is 11.9. The number of hydrogen-bond acceptors (Lipinski definition) is 1. The molecule has 0 aliphatic heterocycles. The minimum Gasteiger partial charge on any atom is -0.350 e. The molecule has 0 aliphatic carbocycles. The van der Waals surface area contributed by atoms with E-state index < -0.39 is 0 Å². The van der Waals surface area contributed by atoms with Gasteiger partial charge in [-0.3, -0.25) is 0 Å². The van der Waals surface area contributed by atoms with Crippen LogP contribution in [0.2, 0.25) is 10.0 Å². The number of aromatic nitrogens is 1. The number of rotatable bonds is 6. The molecule has 2 nitrogen and oxygen atoms in total. The molecule has 20 heavy (non-hydrogen) atoms. The van der Waals surface area contributed by atoms with Crippen molar-refractivity contribution in [1.29, 1.82) is 0 Å². The quantitative estimate of drug-likeness (QED) is 0.802. The molecule has 0 saturated carbocycles. The van der Waals surface area contributed by atoms with Crippen molar-refractivity contribution in [3.05, 3.63) is 57.8 Å². The van der Waals surface area contributed by atoms with Crippen molar-refractivity contribution < 1.29 is 0 Å². The normalized spacial score (nSPS) is 12.6. The lowest BCUT2D eigenvalue weighted by Crippen LogP contribution is -2.18. The van der Waals surface area contributed by atoms with Crippen molar-refractivity contribution in [2.24, 2.45) is 0 Å². The van der Waals surface area contributed by atoms with E-state index in [2.05, 4.69) is 42.2 Å². The van der Waals surface area contributed by atoms with E-state index in [-0.39, 0.29) is 0 Å². The predicted octanol–water partition coefficient (Wildman–Crippen LogP) is 4.90. The van der Waals surface area contributed by atoms with Crippen LogP contribution in [-0.4, -0.2) is 11.1 Å². The molecule has 4 heteroatoms. The largest absolute Gasteiger partial charge is 0.350 e. The van der Waals surface area contributed by atoms with Crippen LogP contribution in [0.4, 0.5) is 0 Å². The molecule has 1 aromatic heterocycles. The van der Waals surface area contributed by atoms with Crippen LogP contribution in [0.25, 0.3) is 0 Å². The van der Waals surface area contributed by atoms with Crippen molar-refractivity contribution in [2.45, 2.75) is 32.9 Å². The molecule has 0 aliphatic rings. The third-order valence-corrected chi connectivity index (χ3v) is 4.06. The molecule has 0 spiro atoms. The molecule has 1 aromatic carbocycles. The van der Waals surface area contributed by atoms with Gasteiger partial charge in [0, 0.05) is 25.0 Å². The maximum absolute atomic E-state index is 6.04. The zero-order chi connectivity index (χ0) is 14.5. The Morgan fingerprint density at radius 2 is 2.00 bits per heavy atom. The summed E-state index contributed by atoms with van der Waals surface area (Å²) in [5.41, 5.74) is 2.45. The average molecular weight is 311 g/mol. The lowest BCUT2D eigenvalue weighted by atomic mass is 10.2. The number of nitrogens with zero attached hydrogens (tertiary/aromatic N) is 1. The molecule has 1 atom stereocenters. The molecule has 0 amide bonds. The van der Waals surface area contributed by atoms with Gasteiger partial charge in [-0.2, -0.15) is 0 Å². The van der Waals surface area contributed by atoms with Gasteiger partial charge in [0.15, 0.2) is 0 Å². The average Bonchev–Trinajstić information content (AvgIpc) is 2.89. The van der Waals surface area contributed by atoms with Crippen LogP contribution in [-0.2, 0) is 6.54 Å². The molecular formula is C16H20Cl2N2. The van der Waals surface area contributed by atoms with Gasteiger partial charge < -0.3 is 9.88 Å². The zero-order valence-corrected chi connectivity index (χ0v) is 13.4.